The van der Waals surface area contributed by atoms with Crippen molar-refractivity contribution in [2.75, 3.05) is 26.8 Å². The maximum Gasteiger partial charge on any atom is 0.137 e. The maximum atomic E-state index is 13.0. The number of piperidine rings is 1. The Morgan fingerprint density at radius 1 is 1.32 bits per heavy atom. The van der Waals surface area contributed by atoms with E-state index in [1.807, 2.05) is 6.07 Å². The summed E-state index contributed by atoms with van der Waals surface area (Å²) in [7, 11) is 1.67. The van der Waals surface area contributed by atoms with E-state index in [1.165, 1.54) is 18.4 Å². The summed E-state index contributed by atoms with van der Waals surface area (Å²) in [5, 5.41) is 21.7. The fourth-order valence-corrected chi connectivity index (χ4v) is 6.38. The number of ketones is 1. The number of benzene rings is 1. The zero-order chi connectivity index (χ0) is 19.5. The first-order valence-electron chi connectivity index (χ1n) is 10.8. The second-order valence-corrected chi connectivity index (χ2v) is 9.49. The zero-order valence-electron chi connectivity index (χ0n) is 16.7. The third kappa shape index (κ3) is 2.59. The molecule has 3 fully saturated rings. The van der Waals surface area contributed by atoms with E-state index in [9.17, 15) is 15.0 Å². The minimum atomic E-state index is -0.923. The van der Waals surface area contributed by atoms with Crippen molar-refractivity contribution in [2.45, 2.75) is 62.0 Å². The van der Waals surface area contributed by atoms with Gasteiger partial charge in [-0.15, -0.1) is 0 Å². The molecule has 1 aliphatic heterocycles. The highest BCUT2D eigenvalue weighted by Gasteiger charge is 2.66. The molecule has 0 spiro atoms. The third-order valence-corrected chi connectivity index (χ3v) is 8.05. The summed E-state index contributed by atoms with van der Waals surface area (Å²) in [5.74, 6) is 1.52. The molecule has 5 rings (SSSR count). The summed E-state index contributed by atoms with van der Waals surface area (Å²) in [6.07, 6.45) is 5.53. The van der Waals surface area contributed by atoms with Gasteiger partial charge in [-0.05, 0) is 74.2 Å². The van der Waals surface area contributed by atoms with Gasteiger partial charge in [-0.2, -0.15) is 0 Å². The number of carbonyl (C=O) groups excluding carboxylic acids is 1. The van der Waals surface area contributed by atoms with Gasteiger partial charge in [0.05, 0.1) is 12.7 Å². The Labute approximate surface area is 166 Å². The molecule has 28 heavy (non-hydrogen) atoms. The van der Waals surface area contributed by atoms with E-state index in [1.54, 1.807) is 7.11 Å². The van der Waals surface area contributed by atoms with E-state index in [0.717, 1.165) is 43.2 Å². The van der Waals surface area contributed by atoms with Crippen LogP contribution >= 0.6 is 0 Å². The molecular formula is C23H31NO4. The van der Waals surface area contributed by atoms with Crippen molar-refractivity contribution in [3.8, 4) is 5.75 Å². The summed E-state index contributed by atoms with van der Waals surface area (Å²) in [6, 6.07) is 6.25. The van der Waals surface area contributed by atoms with Gasteiger partial charge in [-0.3, -0.25) is 9.69 Å². The Bertz CT molecular complexity index is 791. The van der Waals surface area contributed by atoms with Crippen LogP contribution in [0.3, 0.4) is 0 Å². The predicted molar refractivity (Wildman–Crippen MR) is 105 cm³/mol. The number of hydrogen-bond acceptors (Lipinski definition) is 5. The lowest BCUT2D eigenvalue weighted by atomic mass is 9.47. The van der Waals surface area contributed by atoms with Crippen molar-refractivity contribution in [1.29, 1.82) is 0 Å². The summed E-state index contributed by atoms with van der Waals surface area (Å²) in [6.45, 7) is 2.01. The summed E-state index contributed by atoms with van der Waals surface area (Å²) in [4.78, 5) is 15.6. The van der Waals surface area contributed by atoms with Crippen LogP contribution in [0.25, 0.3) is 0 Å². The van der Waals surface area contributed by atoms with E-state index in [2.05, 4.69) is 17.0 Å². The van der Waals surface area contributed by atoms with Crippen LogP contribution in [-0.4, -0.2) is 59.3 Å². The quantitative estimate of drug-likeness (QED) is 0.812. The number of aliphatic hydroxyl groups is 2. The second kappa shape index (κ2) is 6.54. The number of carbonyl (C=O) groups is 1. The second-order valence-electron chi connectivity index (χ2n) is 9.49. The highest BCUT2D eigenvalue weighted by molar-refractivity contribution is 5.85. The van der Waals surface area contributed by atoms with E-state index in [4.69, 9.17) is 4.74 Å². The normalized spacial score (nSPS) is 37.3. The smallest absolute Gasteiger partial charge is 0.137 e. The molecule has 152 valence electrons. The minimum absolute atomic E-state index is 0.000349. The SMILES string of the molecule is COc1ccc2c(c1)C13CCN(CC4CC4)C(C2)C1(O)CC(CCO)C(=O)C3. The number of aliphatic hydroxyl groups excluding tert-OH is 1. The maximum absolute atomic E-state index is 13.0. The van der Waals surface area contributed by atoms with Gasteiger partial charge < -0.3 is 14.9 Å². The van der Waals surface area contributed by atoms with Crippen LogP contribution in [0.1, 0.15) is 49.7 Å². The van der Waals surface area contributed by atoms with Crippen molar-refractivity contribution >= 4 is 5.78 Å². The Kier molecular flexibility index (Phi) is 4.34. The molecule has 0 aromatic heterocycles. The summed E-state index contributed by atoms with van der Waals surface area (Å²) >= 11 is 0. The van der Waals surface area contributed by atoms with Gasteiger partial charge >= 0.3 is 0 Å². The molecule has 1 saturated heterocycles. The summed E-state index contributed by atoms with van der Waals surface area (Å²) in [5.41, 5.74) is 0.924. The first-order chi connectivity index (χ1) is 13.5. The minimum Gasteiger partial charge on any atom is -0.497 e. The van der Waals surface area contributed by atoms with Crippen LogP contribution in [0.2, 0.25) is 0 Å². The molecule has 1 aromatic carbocycles. The Morgan fingerprint density at radius 3 is 2.86 bits per heavy atom. The molecule has 1 heterocycles. The molecule has 2 saturated carbocycles. The van der Waals surface area contributed by atoms with Crippen molar-refractivity contribution in [2.24, 2.45) is 11.8 Å². The zero-order valence-corrected chi connectivity index (χ0v) is 16.7. The molecule has 1 aromatic rings. The van der Waals surface area contributed by atoms with E-state index >= 15 is 0 Å². The number of ether oxygens (including phenoxy) is 1. The lowest BCUT2D eigenvalue weighted by molar-refractivity contribution is -0.182. The van der Waals surface area contributed by atoms with Gasteiger partial charge in [0.15, 0.2) is 0 Å². The van der Waals surface area contributed by atoms with E-state index in [-0.39, 0.29) is 24.3 Å². The predicted octanol–water partition coefficient (Wildman–Crippen LogP) is 2.07. The van der Waals surface area contributed by atoms with Crippen LogP contribution in [0, 0.1) is 11.8 Å². The van der Waals surface area contributed by atoms with Crippen molar-refractivity contribution < 1.29 is 19.7 Å². The van der Waals surface area contributed by atoms with Crippen molar-refractivity contribution in [3.05, 3.63) is 29.3 Å². The molecule has 3 aliphatic carbocycles. The lowest BCUT2D eigenvalue weighted by Crippen LogP contribution is -2.74. The third-order valence-electron chi connectivity index (χ3n) is 8.05. The van der Waals surface area contributed by atoms with Crippen LogP contribution in [0.4, 0.5) is 0 Å². The molecule has 0 amide bonds. The molecule has 4 aliphatic rings. The molecule has 0 radical (unpaired) electrons. The van der Waals surface area contributed by atoms with Crippen molar-refractivity contribution in [1.82, 2.24) is 4.90 Å². The van der Waals surface area contributed by atoms with E-state index < -0.39 is 11.0 Å². The largest absolute Gasteiger partial charge is 0.497 e. The highest BCUT2D eigenvalue weighted by Crippen LogP contribution is 2.59. The van der Waals surface area contributed by atoms with Gasteiger partial charge in [0.1, 0.15) is 11.5 Å². The van der Waals surface area contributed by atoms with Gasteiger partial charge in [-0.1, -0.05) is 6.07 Å². The standard InChI is InChI=1S/C23H31NO4/c1-28-18-5-4-16-10-21-23(27)12-17(6-9-25)20(26)13-22(23,19(16)11-18)7-8-24(21)14-15-2-3-15/h4-5,11,15,17,21,25,27H,2-3,6-10,12-14H2,1H3. The fraction of sp³-hybridized carbons (Fsp3) is 0.696. The van der Waals surface area contributed by atoms with Gasteiger partial charge in [0.2, 0.25) is 0 Å². The number of fused-ring (bicyclic) bond motifs is 1. The molecule has 5 heteroatoms. The average molecular weight is 386 g/mol. The van der Waals surface area contributed by atoms with Crippen molar-refractivity contribution in [3.63, 3.8) is 0 Å². The molecule has 2 bridgehead atoms. The van der Waals surface area contributed by atoms with Crippen LogP contribution in [0.5, 0.6) is 5.75 Å². The number of likely N-dealkylation sites (tertiary alicyclic amines) is 1. The Morgan fingerprint density at radius 2 is 2.14 bits per heavy atom. The molecular weight excluding hydrogens is 354 g/mol. The first-order valence-corrected chi connectivity index (χ1v) is 10.8. The number of rotatable bonds is 5. The molecule has 4 unspecified atom stereocenters. The number of methoxy groups -OCH3 is 1. The molecule has 2 N–H and O–H groups in total. The fourth-order valence-electron chi connectivity index (χ4n) is 6.38. The number of Topliss-reactive ketones (excluding diaryl/α,β-unsaturated/α-hetero) is 1. The topological polar surface area (TPSA) is 70.0 Å². The van der Waals surface area contributed by atoms with Gasteiger partial charge in [0, 0.05) is 36.9 Å². The Hall–Kier alpha value is -1.43. The average Bonchev–Trinajstić information content (AvgIpc) is 3.49. The molecule has 5 nitrogen and oxygen atoms in total. The summed E-state index contributed by atoms with van der Waals surface area (Å²) < 4.78 is 5.49. The Balaban J connectivity index is 1.62. The van der Waals surface area contributed by atoms with E-state index in [0.29, 0.717) is 19.3 Å². The van der Waals surface area contributed by atoms with Crippen LogP contribution in [-0.2, 0) is 16.6 Å². The first kappa shape index (κ1) is 18.6. The number of hydrogen-bond donors (Lipinski definition) is 2. The van der Waals surface area contributed by atoms with Gasteiger partial charge in [0.25, 0.3) is 0 Å². The van der Waals surface area contributed by atoms with Gasteiger partial charge in [-0.25, -0.2) is 0 Å². The monoisotopic (exact) mass is 385 g/mol. The van der Waals surface area contributed by atoms with Crippen LogP contribution in [0.15, 0.2) is 18.2 Å². The highest BCUT2D eigenvalue weighted by atomic mass is 16.5. The number of nitrogens with zero attached hydrogens (tertiary/aromatic N) is 1. The lowest BCUT2D eigenvalue weighted by Gasteiger charge is -2.64. The molecule has 4 atom stereocenters. The van der Waals surface area contributed by atoms with Crippen LogP contribution < -0.4 is 4.74 Å².